The molecule has 0 aromatic carbocycles. The van der Waals surface area contributed by atoms with Gasteiger partial charge in [-0.3, -0.25) is 0 Å². The molecular weight excluding hydrogens is 200 g/mol. The lowest BCUT2D eigenvalue weighted by Gasteiger charge is -2.15. The highest BCUT2D eigenvalue weighted by Gasteiger charge is 2.18. The monoisotopic (exact) mass is 220 g/mol. The fourth-order valence-electron chi connectivity index (χ4n) is 1.37. The molecule has 0 fully saturated rings. The van der Waals surface area contributed by atoms with Crippen LogP contribution >= 0.6 is 0 Å². The average Bonchev–Trinajstić information content (AvgIpc) is 2.15. The number of allylic oxidation sites excluding steroid dienone is 2. The zero-order valence-electron chi connectivity index (χ0n) is 10.2. The van der Waals surface area contributed by atoms with Gasteiger partial charge in [0.1, 0.15) is 0 Å². The smallest absolute Gasteiger partial charge is 0.0957 e. The van der Waals surface area contributed by atoms with E-state index in [0.717, 1.165) is 30.9 Å². The van der Waals surface area contributed by atoms with Crippen molar-refractivity contribution in [3.63, 3.8) is 0 Å². The molecule has 0 saturated carbocycles. The Bertz CT molecular complexity index is 310. The summed E-state index contributed by atoms with van der Waals surface area (Å²) in [7, 11) is -1.29. The van der Waals surface area contributed by atoms with Crippen molar-refractivity contribution in [2.24, 2.45) is 0 Å². The minimum Gasteiger partial charge on any atom is -0.193 e. The van der Waals surface area contributed by atoms with Gasteiger partial charge >= 0.3 is 0 Å². The highest BCUT2D eigenvalue weighted by Crippen LogP contribution is 2.21. The van der Waals surface area contributed by atoms with Gasteiger partial charge in [0, 0.05) is 19.2 Å². The molecule has 0 aliphatic rings. The first-order valence-electron chi connectivity index (χ1n) is 5.46. The Morgan fingerprint density at radius 2 is 1.60 bits per heavy atom. The van der Waals surface area contributed by atoms with E-state index in [2.05, 4.69) is 38.7 Å². The molecule has 0 radical (unpaired) electrons. The lowest BCUT2D eigenvalue weighted by atomic mass is 10.1. The number of hydrogen-bond donors (Lipinski definition) is 0. The molecular formula is C12H20N2Si. The molecule has 0 N–H and O–H groups in total. The summed E-state index contributed by atoms with van der Waals surface area (Å²) in [5.74, 6) is 0. The lowest BCUT2D eigenvalue weighted by molar-refractivity contribution is 0.796. The molecule has 3 heteroatoms. The molecule has 0 aliphatic carbocycles. The van der Waals surface area contributed by atoms with Crippen molar-refractivity contribution >= 4 is 8.07 Å². The van der Waals surface area contributed by atoms with Gasteiger partial charge in [-0.1, -0.05) is 33.0 Å². The van der Waals surface area contributed by atoms with Gasteiger partial charge in [0.2, 0.25) is 0 Å². The van der Waals surface area contributed by atoms with E-state index >= 15 is 0 Å². The quantitative estimate of drug-likeness (QED) is 0.522. The Balaban J connectivity index is 4.79. The molecule has 0 aliphatic heterocycles. The average molecular weight is 220 g/mol. The van der Waals surface area contributed by atoms with Gasteiger partial charge in [-0.05, 0) is 18.9 Å². The van der Waals surface area contributed by atoms with Crippen LogP contribution in [-0.4, -0.2) is 8.07 Å². The molecule has 0 amide bonds. The van der Waals surface area contributed by atoms with E-state index in [1.54, 1.807) is 0 Å². The van der Waals surface area contributed by atoms with Crippen LogP contribution in [0.25, 0.3) is 0 Å². The fraction of sp³-hybridized carbons (Fsp3) is 0.667. The lowest BCUT2D eigenvalue weighted by Crippen LogP contribution is -2.20. The van der Waals surface area contributed by atoms with Gasteiger partial charge in [-0.2, -0.15) is 10.5 Å². The second kappa shape index (κ2) is 6.43. The molecule has 0 rings (SSSR count). The molecule has 0 aromatic heterocycles. The van der Waals surface area contributed by atoms with Crippen LogP contribution in [0.4, 0.5) is 0 Å². The second-order valence-electron chi connectivity index (χ2n) is 5.02. The Morgan fingerprint density at radius 1 is 1.07 bits per heavy atom. The Labute approximate surface area is 94.2 Å². The maximum absolute atomic E-state index is 9.05. The van der Waals surface area contributed by atoms with Crippen LogP contribution in [0.5, 0.6) is 0 Å². The Kier molecular flexibility index (Phi) is 5.97. The third-order valence-electron chi connectivity index (χ3n) is 2.12. The van der Waals surface area contributed by atoms with Gasteiger partial charge < -0.3 is 0 Å². The molecule has 0 spiro atoms. The van der Waals surface area contributed by atoms with Crippen LogP contribution < -0.4 is 0 Å². The van der Waals surface area contributed by atoms with Gasteiger partial charge in [0.05, 0.1) is 12.1 Å². The van der Waals surface area contributed by atoms with Gasteiger partial charge in [0.15, 0.2) is 0 Å². The van der Waals surface area contributed by atoms with Gasteiger partial charge in [0.25, 0.3) is 0 Å². The first-order valence-corrected chi connectivity index (χ1v) is 9.17. The topological polar surface area (TPSA) is 47.6 Å². The SMILES string of the molecule is CCCC/C(C#N)=C(\C#N)C[Si](C)(C)C. The minimum atomic E-state index is -1.29. The van der Waals surface area contributed by atoms with Crippen molar-refractivity contribution in [3.8, 4) is 12.1 Å². The van der Waals surface area contributed by atoms with Crippen LogP contribution in [-0.2, 0) is 0 Å². The molecule has 0 unspecified atom stereocenters. The molecule has 0 bridgehead atoms. The molecule has 82 valence electrons. The van der Waals surface area contributed by atoms with E-state index in [9.17, 15) is 0 Å². The van der Waals surface area contributed by atoms with Crippen LogP contribution in [0.1, 0.15) is 26.2 Å². The third kappa shape index (κ3) is 6.09. The third-order valence-corrected chi connectivity index (χ3v) is 3.54. The molecule has 0 atom stereocenters. The fourth-order valence-corrected chi connectivity index (χ4v) is 2.72. The summed E-state index contributed by atoms with van der Waals surface area (Å²) in [5, 5.41) is 18.1. The number of rotatable bonds is 5. The van der Waals surface area contributed by atoms with E-state index in [4.69, 9.17) is 10.5 Å². The van der Waals surface area contributed by atoms with Crippen LogP contribution in [0.2, 0.25) is 25.7 Å². The van der Waals surface area contributed by atoms with Crippen LogP contribution in [0.3, 0.4) is 0 Å². The van der Waals surface area contributed by atoms with E-state index in [1.807, 2.05) is 0 Å². The van der Waals surface area contributed by atoms with E-state index in [1.165, 1.54) is 0 Å². The van der Waals surface area contributed by atoms with E-state index < -0.39 is 8.07 Å². The summed E-state index contributed by atoms with van der Waals surface area (Å²) < 4.78 is 0. The summed E-state index contributed by atoms with van der Waals surface area (Å²) in [6.45, 7) is 8.76. The summed E-state index contributed by atoms with van der Waals surface area (Å²) >= 11 is 0. The Morgan fingerprint density at radius 3 is 1.93 bits per heavy atom. The first kappa shape index (κ1) is 13.9. The largest absolute Gasteiger partial charge is 0.193 e. The van der Waals surface area contributed by atoms with Gasteiger partial charge in [-0.15, -0.1) is 0 Å². The summed E-state index contributed by atoms with van der Waals surface area (Å²) in [4.78, 5) is 0. The molecule has 0 heterocycles. The highest BCUT2D eigenvalue weighted by molar-refractivity contribution is 6.76. The molecule has 0 saturated heterocycles. The second-order valence-corrected chi connectivity index (χ2v) is 10.5. The molecule has 2 nitrogen and oxygen atoms in total. The van der Waals surface area contributed by atoms with Crippen LogP contribution in [0, 0.1) is 22.7 Å². The number of unbranched alkanes of at least 4 members (excludes halogenated alkanes) is 1. The normalized spacial score (nSPS) is 12.7. The van der Waals surface area contributed by atoms with Crippen molar-refractivity contribution < 1.29 is 0 Å². The number of nitriles is 2. The highest BCUT2D eigenvalue weighted by atomic mass is 28.3. The summed E-state index contributed by atoms with van der Waals surface area (Å²) in [5.41, 5.74) is 1.44. The first-order chi connectivity index (χ1) is 6.94. The van der Waals surface area contributed by atoms with Crippen molar-refractivity contribution in [3.05, 3.63) is 11.1 Å². The predicted molar refractivity (Wildman–Crippen MR) is 65.9 cm³/mol. The zero-order valence-corrected chi connectivity index (χ0v) is 11.2. The minimum absolute atomic E-state index is 0.710. The van der Waals surface area contributed by atoms with Crippen molar-refractivity contribution in [2.75, 3.05) is 0 Å². The number of nitrogens with zero attached hydrogens (tertiary/aromatic N) is 2. The standard InChI is InChI=1S/C12H20N2Si/c1-5-6-7-11(8-13)12(9-14)10-15(2,3)4/h5-7,10H2,1-4H3/b12-11-. The zero-order chi connectivity index (χ0) is 11.9. The van der Waals surface area contributed by atoms with E-state index in [0.29, 0.717) is 5.57 Å². The van der Waals surface area contributed by atoms with Crippen molar-refractivity contribution in [1.82, 2.24) is 0 Å². The number of hydrogen-bond acceptors (Lipinski definition) is 2. The Hall–Kier alpha value is -1.06. The van der Waals surface area contributed by atoms with E-state index in [-0.39, 0.29) is 0 Å². The summed E-state index contributed by atoms with van der Waals surface area (Å²) in [6.07, 6.45) is 2.83. The maximum Gasteiger partial charge on any atom is 0.0957 e. The van der Waals surface area contributed by atoms with Gasteiger partial charge in [-0.25, -0.2) is 0 Å². The molecule has 0 aromatic rings. The predicted octanol–water partition coefficient (Wildman–Crippen LogP) is 3.86. The van der Waals surface area contributed by atoms with Crippen LogP contribution in [0.15, 0.2) is 11.1 Å². The maximum atomic E-state index is 9.05. The molecule has 15 heavy (non-hydrogen) atoms. The van der Waals surface area contributed by atoms with Crippen molar-refractivity contribution in [2.45, 2.75) is 51.9 Å². The summed E-state index contributed by atoms with van der Waals surface area (Å²) in [6, 6.07) is 5.23. The van der Waals surface area contributed by atoms with Crippen molar-refractivity contribution in [1.29, 1.82) is 10.5 Å².